The molecule has 0 aliphatic rings. The Morgan fingerprint density at radius 2 is 1.94 bits per heavy atom. The van der Waals surface area contributed by atoms with Crippen LogP contribution in [-0.4, -0.2) is 6.36 Å². The molecule has 1 aromatic rings. The summed E-state index contributed by atoms with van der Waals surface area (Å²) in [5.41, 5.74) is 1.81. The van der Waals surface area contributed by atoms with E-state index in [1.54, 1.807) is 13.0 Å². The zero-order chi connectivity index (χ0) is 13.6. The van der Waals surface area contributed by atoms with Crippen LogP contribution in [0.3, 0.4) is 0 Å². The van der Waals surface area contributed by atoms with Crippen molar-refractivity contribution < 1.29 is 17.9 Å². The Morgan fingerprint density at radius 1 is 1.22 bits per heavy atom. The van der Waals surface area contributed by atoms with E-state index in [4.69, 9.17) is 0 Å². The standard InChI is InChI=1S/C14H17F3O/c1-3-4-5-6-7-12-8-9-13(10-11(12)2)18-14(15,16)17/h5-6,8-10H,3-4,7H2,1-2H3. The van der Waals surface area contributed by atoms with Crippen molar-refractivity contribution in [1.82, 2.24) is 0 Å². The third-order valence-electron chi connectivity index (χ3n) is 2.51. The lowest BCUT2D eigenvalue weighted by Gasteiger charge is -2.11. The Morgan fingerprint density at radius 3 is 2.50 bits per heavy atom. The van der Waals surface area contributed by atoms with Crippen LogP contribution in [0.25, 0.3) is 0 Å². The maximum atomic E-state index is 12.0. The zero-order valence-corrected chi connectivity index (χ0v) is 10.6. The van der Waals surface area contributed by atoms with Gasteiger partial charge in [0.1, 0.15) is 5.75 Å². The highest BCUT2D eigenvalue weighted by Crippen LogP contribution is 2.25. The van der Waals surface area contributed by atoms with Crippen molar-refractivity contribution in [3.05, 3.63) is 41.5 Å². The minimum Gasteiger partial charge on any atom is -0.406 e. The predicted molar refractivity (Wildman–Crippen MR) is 65.6 cm³/mol. The Bertz CT molecular complexity index is 408. The van der Waals surface area contributed by atoms with E-state index in [1.165, 1.54) is 12.1 Å². The SMILES string of the molecule is CCCC=CCc1ccc(OC(F)(F)F)cc1C. The number of unbranched alkanes of at least 4 members (excludes halogenated alkanes) is 1. The van der Waals surface area contributed by atoms with Crippen molar-refractivity contribution in [1.29, 1.82) is 0 Å². The van der Waals surface area contributed by atoms with Gasteiger partial charge in [-0.2, -0.15) is 0 Å². The quantitative estimate of drug-likeness (QED) is 0.690. The summed E-state index contributed by atoms with van der Waals surface area (Å²) in [7, 11) is 0. The summed E-state index contributed by atoms with van der Waals surface area (Å²) in [5.74, 6) is -0.165. The van der Waals surface area contributed by atoms with Crippen LogP contribution in [0.1, 0.15) is 30.9 Å². The normalized spacial score (nSPS) is 12.1. The van der Waals surface area contributed by atoms with E-state index in [-0.39, 0.29) is 5.75 Å². The summed E-state index contributed by atoms with van der Waals surface area (Å²) in [6.45, 7) is 3.88. The molecule has 0 aromatic heterocycles. The number of hydrogen-bond donors (Lipinski definition) is 0. The third kappa shape index (κ3) is 5.25. The molecule has 0 unspecified atom stereocenters. The molecular weight excluding hydrogens is 241 g/mol. The first-order valence-electron chi connectivity index (χ1n) is 5.92. The Balaban J connectivity index is 2.68. The molecule has 100 valence electrons. The minimum atomic E-state index is -4.63. The van der Waals surface area contributed by atoms with Crippen LogP contribution in [-0.2, 0) is 6.42 Å². The molecule has 0 aliphatic carbocycles. The van der Waals surface area contributed by atoms with Crippen molar-refractivity contribution in [3.8, 4) is 5.75 Å². The van der Waals surface area contributed by atoms with E-state index in [2.05, 4.69) is 17.7 Å². The van der Waals surface area contributed by atoms with Crippen LogP contribution < -0.4 is 4.74 Å². The predicted octanol–water partition coefficient (Wildman–Crippen LogP) is 4.79. The van der Waals surface area contributed by atoms with Crippen LogP contribution in [0.5, 0.6) is 5.75 Å². The van der Waals surface area contributed by atoms with Gasteiger partial charge in [0.2, 0.25) is 0 Å². The van der Waals surface area contributed by atoms with Gasteiger partial charge in [-0.25, -0.2) is 0 Å². The fraction of sp³-hybridized carbons (Fsp3) is 0.429. The second-order valence-electron chi connectivity index (χ2n) is 4.10. The number of allylic oxidation sites excluding steroid dienone is 2. The molecule has 0 N–H and O–H groups in total. The fourth-order valence-corrected chi connectivity index (χ4v) is 1.59. The highest BCUT2D eigenvalue weighted by molar-refractivity contribution is 5.35. The molecule has 0 radical (unpaired) electrons. The van der Waals surface area contributed by atoms with Crippen molar-refractivity contribution in [2.75, 3.05) is 0 Å². The number of halogens is 3. The number of aryl methyl sites for hydroxylation is 1. The molecule has 1 nitrogen and oxygen atoms in total. The lowest BCUT2D eigenvalue weighted by molar-refractivity contribution is -0.274. The summed E-state index contributed by atoms with van der Waals surface area (Å²) in [5, 5.41) is 0. The first-order valence-corrected chi connectivity index (χ1v) is 5.92. The second-order valence-corrected chi connectivity index (χ2v) is 4.10. The van der Waals surface area contributed by atoms with Gasteiger partial charge in [-0.1, -0.05) is 31.6 Å². The van der Waals surface area contributed by atoms with Gasteiger partial charge >= 0.3 is 6.36 Å². The van der Waals surface area contributed by atoms with Crippen LogP contribution in [0.2, 0.25) is 0 Å². The molecule has 0 heterocycles. The fourth-order valence-electron chi connectivity index (χ4n) is 1.59. The van der Waals surface area contributed by atoms with E-state index in [9.17, 15) is 13.2 Å². The largest absolute Gasteiger partial charge is 0.573 e. The molecule has 0 atom stereocenters. The van der Waals surface area contributed by atoms with E-state index in [1.807, 2.05) is 6.08 Å². The molecule has 0 saturated heterocycles. The van der Waals surface area contributed by atoms with Crippen molar-refractivity contribution in [3.63, 3.8) is 0 Å². The number of alkyl halides is 3. The first kappa shape index (κ1) is 14.6. The van der Waals surface area contributed by atoms with Gasteiger partial charge in [0.25, 0.3) is 0 Å². The monoisotopic (exact) mass is 258 g/mol. The molecule has 0 saturated carbocycles. The molecule has 0 fully saturated rings. The van der Waals surface area contributed by atoms with Crippen LogP contribution in [0.4, 0.5) is 13.2 Å². The van der Waals surface area contributed by atoms with Crippen LogP contribution in [0.15, 0.2) is 30.4 Å². The van der Waals surface area contributed by atoms with Crippen LogP contribution in [0, 0.1) is 6.92 Å². The molecule has 0 amide bonds. The molecular formula is C14H17F3O. The molecule has 4 heteroatoms. The Kier molecular flexibility index (Phi) is 5.25. The van der Waals surface area contributed by atoms with Crippen molar-refractivity contribution >= 4 is 0 Å². The number of hydrogen-bond acceptors (Lipinski definition) is 1. The summed E-state index contributed by atoms with van der Waals surface area (Å²) in [6, 6.07) is 4.44. The van der Waals surface area contributed by atoms with Gasteiger partial charge in [-0.05, 0) is 43.0 Å². The highest BCUT2D eigenvalue weighted by atomic mass is 19.4. The summed E-state index contributed by atoms with van der Waals surface area (Å²) in [6.07, 6.45) is 2.34. The molecule has 0 bridgehead atoms. The highest BCUT2D eigenvalue weighted by Gasteiger charge is 2.31. The third-order valence-corrected chi connectivity index (χ3v) is 2.51. The maximum Gasteiger partial charge on any atom is 0.573 e. The van der Waals surface area contributed by atoms with Gasteiger partial charge < -0.3 is 4.74 Å². The van der Waals surface area contributed by atoms with Gasteiger partial charge in [0.15, 0.2) is 0 Å². The van der Waals surface area contributed by atoms with E-state index in [0.29, 0.717) is 0 Å². The average molecular weight is 258 g/mol. The topological polar surface area (TPSA) is 9.23 Å². The number of benzene rings is 1. The van der Waals surface area contributed by atoms with Gasteiger partial charge in [0.05, 0.1) is 0 Å². The van der Waals surface area contributed by atoms with Crippen molar-refractivity contribution in [2.24, 2.45) is 0 Å². The summed E-state index contributed by atoms with van der Waals surface area (Å²) < 4.78 is 39.9. The van der Waals surface area contributed by atoms with Gasteiger partial charge in [-0.3, -0.25) is 0 Å². The lowest BCUT2D eigenvalue weighted by Crippen LogP contribution is -2.17. The summed E-state index contributed by atoms with van der Waals surface area (Å²) >= 11 is 0. The zero-order valence-electron chi connectivity index (χ0n) is 10.6. The minimum absolute atomic E-state index is 0.165. The van der Waals surface area contributed by atoms with Gasteiger partial charge in [-0.15, -0.1) is 13.2 Å². The summed E-state index contributed by atoms with van der Waals surface area (Å²) in [4.78, 5) is 0. The van der Waals surface area contributed by atoms with Gasteiger partial charge in [0, 0.05) is 0 Å². The lowest BCUT2D eigenvalue weighted by atomic mass is 10.0. The molecule has 18 heavy (non-hydrogen) atoms. The Hall–Kier alpha value is -1.45. The van der Waals surface area contributed by atoms with E-state index < -0.39 is 6.36 Å². The average Bonchev–Trinajstić information content (AvgIpc) is 2.24. The molecule has 0 aliphatic heterocycles. The smallest absolute Gasteiger partial charge is 0.406 e. The molecule has 1 rings (SSSR count). The maximum absolute atomic E-state index is 12.0. The Labute approximate surface area is 105 Å². The first-order chi connectivity index (χ1) is 8.42. The number of rotatable bonds is 5. The number of ether oxygens (including phenoxy) is 1. The second kappa shape index (κ2) is 6.47. The molecule has 1 aromatic carbocycles. The van der Waals surface area contributed by atoms with Crippen LogP contribution >= 0.6 is 0 Å². The van der Waals surface area contributed by atoms with Crippen molar-refractivity contribution in [2.45, 2.75) is 39.5 Å². The molecule has 0 spiro atoms. The van der Waals surface area contributed by atoms with E-state index >= 15 is 0 Å². The van der Waals surface area contributed by atoms with E-state index in [0.717, 1.165) is 30.4 Å².